The minimum atomic E-state index is -1.14. The predicted molar refractivity (Wildman–Crippen MR) is 89.8 cm³/mol. The van der Waals surface area contributed by atoms with Gasteiger partial charge < -0.3 is 9.84 Å². The molecule has 0 aliphatic carbocycles. The number of rotatable bonds is 2. The standard InChI is InChI=1S/C16H17N5O4/c1-8-12-13(20-15(24)25-16(2,3)4)19-10-6-17-9(14(22)23)5-11(10)21(12)7-18-8/h5-7H,1-4H3,(H,22,23)(H,19,20,24). The first kappa shape index (κ1) is 16.6. The minimum Gasteiger partial charge on any atom is -0.477 e. The van der Waals surface area contributed by atoms with Crippen molar-refractivity contribution < 1.29 is 19.4 Å². The molecule has 0 atom stereocenters. The lowest BCUT2D eigenvalue weighted by Gasteiger charge is -2.19. The smallest absolute Gasteiger partial charge is 0.413 e. The van der Waals surface area contributed by atoms with Crippen molar-refractivity contribution >= 4 is 34.4 Å². The molecule has 3 aromatic rings. The Kier molecular flexibility index (Phi) is 3.78. The first-order valence-corrected chi connectivity index (χ1v) is 7.52. The normalized spacial score (nSPS) is 11.7. The summed E-state index contributed by atoms with van der Waals surface area (Å²) in [4.78, 5) is 35.7. The van der Waals surface area contributed by atoms with E-state index < -0.39 is 17.7 Å². The fraction of sp³-hybridized carbons (Fsp3) is 0.312. The van der Waals surface area contributed by atoms with Crippen LogP contribution in [-0.2, 0) is 4.74 Å². The Labute approximate surface area is 142 Å². The molecule has 0 unspecified atom stereocenters. The van der Waals surface area contributed by atoms with Gasteiger partial charge in [-0.1, -0.05) is 0 Å². The van der Waals surface area contributed by atoms with Crippen molar-refractivity contribution in [1.29, 1.82) is 0 Å². The number of carbonyl (C=O) groups excluding carboxylic acids is 1. The molecule has 0 bridgehead atoms. The number of amides is 1. The highest BCUT2D eigenvalue weighted by molar-refractivity contribution is 5.95. The van der Waals surface area contributed by atoms with Crippen molar-refractivity contribution in [3.05, 3.63) is 30.0 Å². The van der Waals surface area contributed by atoms with Crippen LogP contribution in [0.4, 0.5) is 10.6 Å². The second-order valence-corrected chi connectivity index (χ2v) is 6.50. The van der Waals surface area contributed by atoms with Gasteiger partial charge in [0.25, 0.3) is 0 Å². The molecule has 9 heteroatoms. The van der Waals surface area contributed by atoms with Crippen molar-refractivity contribution in [3.63, 3.8) is 0 Å². The van der Waals surface area contributed by atoms with Gasteiger partial charge in [-0.25, -0.2) is 24.5 Å². The molecule has 0 saturated carbocycles. The second-order valence-electron chi connectivity index (χ2n) is 6.50. The highest BCUT2D eigenvalue weighted by atomic mass is 16.6. The van der Waals surface area contributed by atoms with E-state index in [9.17, 15) is 9.59 Å². The molecule has 0 aliphatic heterocycles. The fourth-order valence-electron chi connectivity index (χ4n) is 2.40. The zero-order valence-corrected chi connectivity index (χ0v) is 14.2. The summed E-state index contributed by atoms with van der Waals surface area (Å²) in [6, 6.07) is 1.41. The Morgan fingerprint density at radius 3 is 2.64 bits per heavy atom. The zero-order chi connectivity index (χ0) is 18.4. The summed E-state index contributed by atoms with van der Waals surface area (Å²) < 4.78 is 6.92. The predicted octanol–water partition coefficient (Wildman–Crippen LogP) is 2.63. The number of aryl methyl sites for hydroxylation is 1. The van der Waals surface area contributed by atoms with E-state index in [1.165, 1.54) is 12.3 Å². The Bertz CT molecular complexity index is 1000. The number of fused-ring (bicyclic) bond motifs is 3. The van der Waals surface area contributed by atoms with Gasteiger partial charge in [0, 0.05) is 0 Å². The van der Waals surface area contributed by atoms with Gasteiger partial charge >= 0.3 is 12.1 Å². The van der Waals surface area contributed by atoms with Gasteiger partial charge in [-0.15, -0.1) is 0 Å². The summed E-state index contributed by atoms with van der Waals surface area (Å²) in [6.07, 6.45) is 2.24. The summed E-state index contributed by atoms with van der Waals surface area (Å²) in [7, 11) is 0. The summed E-state index contributed by atoms with van der Waals surface area (Å²) in [5.74, 6) is -0.871. The van der Waals surface area contributed by atoms with E-state index in [4.69, 9.17) is 9.84 Å². The SMILES string of the molecule is Cc1ncn2c1c(NC(=O)OC(C)(C)C)nc1cnc(C(=O)O)cc12. The number of hydrogen-bond donors (Lipinski definition) is 2. The molecule has 2 N–H and O–H groups in total. The number of anilines is 1. The lowest BCUT2D eigenvalue weighted by atomic mass is 10.2. The molecule has 25 heavy (non-hydrogen) atoms. The second kappa shape index (κ2) is 5.69. The molecule has 0 fully saturated rings. The van der Waals surface area contributed by atoms with Gasteiger partial charge in [-0.2, -0.15) is 0 Å². The lowest BCUT2D eigenvalue weighted by Crippen LogP contribution is -2.27. The van der Waals surface area contributed by atoms with E-state index in [1.807, 2.05) is 0 Å². The van der Waals surface area contributed by atoms with Crippen molar-refractivity contribution in [3.8, 4) is 0 Å². The molecular weight excluding hydrogens is 326 g/mol. The van der Waals surface area contributed by atoms with Gasteiger partial charge in [0.1, 0.15) is 28.7 Å². The van der Waals surface area contributed by atoms with Crippen LogP contribution < -0.4 is 5.32 Å². The van der Waals surface area contributed by atoms with Crippen molar-refractivity contribution in [1.82, 2.24) is 19.4 Å². The summed E-state index contributed by atoms with van der Waals surface area (Å²) in [5, 5.41) is 11.7. The largest absolute Gasteiger partial charge is 0.477 e. The van der Waals surface area contributed by atoms with Gasteiger partial charge in [-0.3, -0.25) is 9.72 Å². The quantitative estimate of drug-likeness (QED) is 0.734. The number of imidazole rings is 1. The van der Waals surface area contributed by atoms with E-state index in [0.29, 0.717) is 22.2 Å². The number of nitrogens with zero attached hydrogens (tertiary/aromatic N) is 4. The van der Waals surface area contributed by atoms with Crippen LogP contribution in [-0.4, -0.2) is 42.1 Å². The Hall–Kier alpha value is -3.23. The van der Waals surface area contributed by atoms with E-state index in [0.717, 1.165) is 0 Å². The maximum Gasteiger partial charge on any atom is 0.413 e. The highest BCUT2D eigenvalue weighted by Crippen LogP contribution is 2.24. The molecule has 3 heterocycles. The van der Waals surface area contributed by atoms with Crippen LogP contribution in [0.25, 0.3) is 16.6 Å². The molecule has 9 nitrogen and oxygen atoms in total. The summed E-state index contributed by atoms with van der Waals surface area (Å²) in [6.45, 7) is 7.05. The van der Waals surface area contributed by atoms with Crippen molar-refractivity contribution in [2.45, 2.75) is 33.3 Å². The zero-order valence-electron chi connectivity index (χ0n) is 14.2. The number of hydrogen-bond acceptors (Lipinski definition) is 6. The molecule has 1 amide bonds. The summed E-state index contributed by atoms with van der Waals surface area (Å²) in [5.41, 5.74) is 1.38. The van der Waals surface area contributed by atoms with Gasteiger partial charge in [0.15, 0.2) is 5.82 Å². The van der Waals surface area contributed by atoms with E-state index in [-0.39, 0.29) is 11.5 Å². The Balaban J connectivity index is 2.15. The van der Waals surface area contributed by atoms with E-state index in [1.54, 1.807) is 38.4 Å². The Morgan fingerprint density at radius 2 is 2.00 bits per heavy atom. The number of nitrogens with one attached hydrogen (secondary N) is 1. The monoisotopic (exact) mass is 343 g/mol. The number of aromatic nitrogens is 4. The van der Waals surface area contributed by atoms with Crippen LogP contribution in [0.3, 0.4) is 0 Å². The first-order valence-electron chi connectivity index (χ1n) is 7.52. The maximum absolute atomic E-state index is 12.1. The van der Waals surface area contributed by atoms with Gasteiger partial charge in [-0.05, 0) is 33.8 Å². The van der Waals surface area contributed by atoms with Crippen LogP contribution >= 0.6 is 0 Å². The van der Waals surface area contributed by atoms with Gasteiger partial charge in [0.05, 0.1) is 17.4 Å². The fourth-order valence-corrected chi connectivity index (χ4v) is 2.40. The number of ether oxygens (including phenoxy) is 1. The van der Waals surface area contributed by atoms with Crippen molar-refractivity contribution in [2.75, 3.05) is 5.32 Å². The molecule has 3 aromatic heterocycles. The molecule has 130 valence electrons. The summed E-state index contributed by atoms with van der Waals surface area (Å²) >= 11 is 0. The number of aromatic carboxylic acids is 1. The first-order chi connectivity index (χ1) is 11.7. The van der Waals surface area contributed by atoms with Crippen molar-refractivity contribution in [2.24, 2.45) is 0 Å². The maximum atomic E-state index is 12.1. The van der Waals surface area contributed by atoms with Crippen LogP contribution in [0.2, 0.25) is 0 Å². The van der Waals surface area contributed by atoms with Crippen LogP contribution in [0.5, 0.6) is 0 Å². The third kappa shape index (κ3) is 3.21. The number of carboxylic acids is 1. The number of carboxylic acid groups (broad SMARTS) is 1. The average Bonchev–Trinajstić information content (AvgIpc) is 2.87. The van der Waals surface area contributed by atoms with Crippen LogP contribution in [0.15, 0.2) is 18.6 Å². The van der Waals surface area contributed by atoms with Crippen LogP contribution in [0.1, 0.15) is 37.0 Å². The topological polar surface area (TPSA) is 119 Å². The number of carbonyl (C=O) groups is 2. The minimum absolute atomic E-state index is 0.102. The van der Waals surface area contributed by atoms with Crippen LogP contribution in [0, 0.1) is 6.92 Å². The molecule has 0 aliphatic rings. The molecule has 0 radical (unpaired) electrons. The van der Waals surface area contributed by atoms with E-state index >= 15 is 0 Å². The number of pyridine rings is 1. The van der Waals surface area contributed by atoms with E-state index in [2.05, 4.69) is 20.3 Å². The highest BCUT2D eigenvalue weighted by Gasteiger charge is 2.20. The third-order valence-corrected chi connectivity index (χ3v) is 3.37. The molecule has 3 rings (SSSR count). The molecule has 0 saturated heterocycles. The Morgan fingerprint density at radius 1 is 1.28 bits per heavy atom. The third-order valence-electron chi connectivity index (χ3n) is 3.37. The average molecular weight is 343 g/mol. The lowest BCUT2D eigenvalue weighted by molar-refractivity contribution is 0.0633. The van der Waals surface area contributed by atoms with Gasteiger partial charge in [0.2, 0.25) is 0 Å². The molecule has 0 aromatic carbocycles. The molecular formula is C16H17N5O4. The molecule has 0 spiro atoms.